The molecule has 0 fully saturated rings. The van der Waals surface area contributed by atoms with E-state index < -0.39 is 32.9 Å². The molecule has 3 aromatic carbocycles. The summed E-state index contributed by atoms with van der Waals surface area (Å²) in [5.41, 5.74) is 1.28. The van der Waals surface area contributed by atoms with Gasteiger partial charge in [-0.15, -0.1) is 0 Å². The molecule has 2 atom stereocenters. The molecule has 0 saturated carbocycles. The minimum Gasteiger partial charge on any atom is -0.462 e. The van der Waals surface area contributed by atoms with Gasteiger partial charge >= 0.3 is 5.97 Å². The Bertz CT molecular complexity index is 1500. The van der Waals surface area contributed by atoms with Gasteiger partial charge in [-0.25, -0.2) is 4.79 Å². The number of hydrogen-bond donors (Lipinski definition) is 0. The molecule has 3 rings (SSSR count). The van der Waals surface area contributed by atoms with Crippen molar-refractivity contribution < 1.29 is 31.0 Å². The van der Waals surface area contributed by atoms with Crippen molar-refractivity contribution in [3.8, 4) is 0 Å². The Morgan fingerprint density at radius 1 is 0.792 bits per heavy atom. The molecule has 0 saturated heterocycles. The van der Waals surface area contributed by atoms with E-state index in [-0.39, 0.29) is 23.7 Å². The number of carbonyl (C=O) groups excluding carboxylic acids is 1. The van der Waals surface area contributed by atoms with Crippen LogP contribution in [0.5, 0.6) is 0 Å². The summed E-state index contributed by atoms with van der Waals surface area (Å²) in [6, 6.07) is 29.8. The van der Waals surface area contributed by atoms with Crippen molar-refractivity contribution in [3.05, 3.63) is 109 Å². The number of hydrogen-bond acceptors (Lipinski definition) is 7. The van der Waals surface area contributed by atoms with Gasteiger partial charge in [-0.2, -0.15) is 8.42 Å². The minimum atomic E-state index is -3.72. The molecule has 0 unspecified atom stereocenters. The SMILES string of the molecule is C=C(C[C@@H](CCCO[Si](c1ccccc1)(c1ccccc1)C(C)(C)C)OS(C)(=O)=O)[C@H](CCCOC(=O)c1ccccc1)O[Si](C)(C)C. The van der Waals surface area contributed by atoms with E-state index in [4.69, 9.17) is 17.8 Å². The van der Waals surface area contributed by atoms with Crippen LogP contribution >= 0.6 is 0 Å². The Morgan fingerprint density at radius 3 is 1.77 bits per heavy atom. The fraction of sp³-hybridized carbons (Fsp3) is 0.447. The van der Waals surface area contributed by atoms with Crippen LogP contribution in [0.2, 0.25) is 24.7 Å². The van der Waals surface area contributed by atoms with Gasteiger partial charge in [0.15, 0.2) is 8.32 Å². The van der Waals surface area contributed by atoms with Gasteiger partial charge in [0.1, 0.15) is 0 Å². The maximum Gasteiger partial charge on any atom is 0.338 e. The molecule has 0 N–H and O–H groups in total. The lowest BCUT2D eigenvalue weighted by molar-refractivity contribution is 0.0485. The van der Waals surface area contributed by atoms with Gasteiger partial charge in [-0.3, -0.25) is 4.18 Å². The molecular formula is C38H54O7SSi2. The van der Waals surface area contributed by atoms with Crippen LogP contribution in [0, 0.1) is 0 Å². The smallest absolute Gasteiger partial charge is 0.338 e. The Morgan fingerprint density at radius 2 is 1.29 bits per heavy atom. The third kappa shape index (κ3) is 12.2. The van der Waals surface area contributed by atoms with Gasteiger partial charge in [0.25, 0.3) is 18.4 Å². The Kier molecular flexibility index (Phi) is 14.6. The molecule has 0 aliphatic carbocycles. The standard InChI is InChI=1S/C38H54O7SSi2/c1-31(36(45-47(6,7)8)27-19-28-42-37(39)32-20-12-9-13-21-32)30-33(44-46(5,40)41)22-18-29-43-48(38(2,3)4,34-23-14-10-15-24-34)35-25-16-11-17-26-35/h9-17,20-21,23-26,33,36H,1,18-19,22,27-30H2,2-8H3/t33-,36+/m1/s1. The first-order valence-electron chi connectivity index (χ1n) is 16.7. The normalized spacial score (nSPS) is 13.9. The largest absolute Gasteiger partial charge is 0.462 e. The predicted molar refractivity (Wildman–Crippen MR) is 200 cm³/mol. The summed E-state index contributed by atoms with van der Waals surface area (Å²) in [5, 5.41) is 2.23. The van der Waals surface area contributed by atoms with E-state index in [1.54, 1.807) is 24.3 Å². The van der Waals surface area contributed by atoms with Gasteiger partial charge in [-0.05, 0) is 84.9 Å². The second kappa shape index (κ2) is 17.7. The molecular weight excluding hydrogens is 657 g/mol. The third-order valence-electron chi connectivity index (χ3n) is 8.01. The monoisotopic (exact) mass is 710 g/mol. The highest BCUT2D eigenvalue weighted by atomic mass is 32.2. The summed E-state index contributed by atoms with van der Waals surface area (Å²) in [7, 11) is -8.44. The summed E-state index contributed by atoms with van der Waals surface area (Å²) in [6.07, 6.45) is 2.73. The van der Waals surface area contributed by atoms with E-state index in [0.29, 0.717) is 44.3 Å². The van der Waals surface area contributed by atoms with Crippen LogP contribution in [0.15, 0.2) is 103 Å². The van der Waals surface area contributed by atoms with Crippen molar-refractivity contribution in [2.45, 2.75) is 89.8 Å². The first-order valence-corrected chi connectivity index (χ1v) is 23.9. The molecule has 0 bridgehead atoms. The van der Waals surface area contributed by atoms with Crippen molar-refractivity contribution in [2.75, 3.05) is 19.5 Å². The Labute approximate surface area is 291 Å². The zero-order valence-electron chi connectivity index (χ0n) is 29.7. The van der Waals surface area contributed by atoms with Crippen molar-refractivity contribution in [3.63, 3.8) is 0 Å². The average Bonchev–Trinajstić information content (AvgIpc) is 3.01. The second-order valence-electron chi connectivity index (χ2n) is 14.3. The van der Waals surface area contributed by atoms with Gasteiger partial charge in [0.2, 0.25) is 0 Å². The molecule has 0 aromatic heterocycles. The molecule has 10 heteroatoms. The van der Waals surface area contributed by atoms with Gasteiger partial charge in [0.05, 0.1) is 30.6 Å². The fourth-order valence-electron chi connectivity index (χ4n) is 6.02. The Hall–Kier alpha value is -2.87. The lowest BCUT2D eigenvalue weighted by Gasteiger charge is -2.43. The zero-order chi connectivity index (χ0) is 35.4. The fourth-order valence-corrected chi connectivity index (χ4v) is 12.4. The molecule has 0 heterocycles. The average molecular weight is 711 g/mol. The minimum absolute atomic E-state index is 0.163. The maximum atomic E-state index is 12.4. The van der Waals surface area contributed by atoms with Crippen molar-refractivity contribution in [1.82, 2.24) is 0 Å². The molecule has 0 amide bonds. The molecule has 7 nitrogen and oxygen atoms in total. The molecule has 0 spiro atoms. The first kappa shape index (κ1) is 39.6. The van der Waals surface area contributed by atoms with E-state index in [0.717, 1.165) is 11.8 Å². The van der Waals surface area contributed by atoms with E-state index in [1.165, 1.54) is 10.4 Å². The number of rotatable bonds is 19. The molecule has 0 radical (unpaired) electrons. The van der Waals surface area contributed by atoms with Crippen LogP contribution in [-0.2, 0) is 27.9 Å². The summed E-state index contributed by atoms with van der Waals surface area (Å²) in [6.45, 7) is 18.1. The number of esters is 1. The molecule has 0 aliphatic rings. The van der Waals surface area contributed by atoms with E-state index in [9.17, 15) is 13.2 Å². The van der Waals surface area contributed by atoms with E-state index in [1.807, 2.05) is 18.2 Å². The lowest BCUT2D eigenvalue weighted by Crippen LogP contribution is -2.66. The Balaban J connectivity index is 1.70. The van der Waals surface area contributed by atoms with Gasteiger partial charge in [0, 0.05) is 6.61 Å². The highest BCUT2D eigenvalue weighted by Crippen LogP contribution is 2.37. The number of ether oxygens (including phenoxy) is 1. The van der Waals surface area contributed by atoms with Crippen LogP contribution in [0.3, 0.4) is 0 Å². The third-order valence-corrected chi connectivity index (χ3v) is 14.7. The first-order chi connectivity index (χ1) is 22.5. The highest BCUT2D eigenvalue weighted by Gasteiger charge is 2.50. The van der Waals surface area contributed by atoms with Crippen molar-refractivity contribution in [2.24, 2.45) is 0 Å². The summed E-state index contributed by atoms with van der Waals surface area (Å²) < 4.78 is 49.4. The number of benzene rings is 3. The van der Waals surface area contributed by atoms with E-state index >= 15 is 0 Å². The van der Waals surface area contributed by atoms with E-state index in [2.05, 4.69) is 95.5 Å². The van der Waals surface area contributed by atoms with Crippen LogP contribution in [-0.4, -0.2) is 62.7 Å². The topological polar surface area (TPSA) is 88.1 Å². The molecule has 262 valence electrons. The van der Waals surface area contributed by atoms with Crippen molar-refractivity contribution in [1.29, 1.82) is 0 Å². The zero-order valence-corrected chi connectivity index (χ0v) is 32.6. The van der Waals surface area contributed by atoms with Crippen LogP contribution < -0.4 is 10.4 Å². The quantitative estimate of drug-likeness (QED) is 0.0419. The highest BCUT2D eigenvalue weighted by molar-refractivity contribution is 7.86. The van der Waals surface area contributed by atoms with Crippen molar-refractivity contribution >= 4 is 43.1 Å². The lowest BCUT2D eigenvalue weighted by atomic mass is 9.99. The number of carbonyl (C=O) groups is 1. The summed E-state index contributed by atoms with van der Waals surface area (Å²) >= 11 is 0. The van der Waals surface area contributed by atoms with Gasteiger partial charge < -0.3 is 13.6 Å². The molecule has 0 aliphatic heterocycles. The predicted octanol–water partition coefficient (Wildman–Crippen LogP) is 7.49. The molecule has 48 heavy (non-hydrogen) atoms. The second-order valence-corrected chi connectivity index (χ2v) is 24.7. The molecule has 3 aromatic rings. The maximum absolute atomic E-state index is 12.4. The van der Waals surface area contributed by atoms with Gasteiger partial charge in [-0.1, -0.05) is 106 Å². The van der Waals surface area contributed by atoms with Crippen LogP contribution in [0.25, 0.3) is 0 Å². The summed E-state index contributed by atoms with van der Waals surface area (Å²) in [4.78, 5) is 12.4. The summed E-state index contributed by atoms with van der Waals surface area (Å²) in [5.74, 6) is -0.362. The van der Waals surface area contributed by atoms with Crippen LogP contribution in [0.4, 0.5) is 0 Å². The van der Waals surface area contributed by atoms with Crippen LogP contribution in [0.1, 0.15) is 63.2 Å².